The Morgan fingerprint density at radius 2 is 2.11 bits per heavy atom. The number of nitrogens with one attached hydrogen (secondary N) is 1. The molecule has 2 rings (SSSR count). The van der Waals surface area contributed by atoms with E-state index in [1.54, 1.807) is 11.8 Å². The molecule has 18 heavy (non-hydrogen) atoms. The van der Waals surface area contributed by atoms with Gasteiger partial charge in [-0.1, -0.05) is 18.7 Å². The molecule has 0 radical (unpaired) electrons. The summed E-state index contributed by atoms with van der Waals surface area (Å²) in [6.45, 7) is 8.11. The fraction of sp³-hybridized carbons (Fsp3) is 0.846. The number of rotatable bonds is 2. The van der Waals surface area contributed by atoms with Crippen LogP contribution >= 0.6 is 11.8 Å². The van der Waals surface area contributed by atoms with Gasteiger partial charge in [0.2, 0.25) is 5.91 Å². The van der Waals surface area contributed by atoms with Crippen LogP contribution in [-0.4, -0.2) is 46.4 Å². The molecule has 1 amide bonds. The molecule has 0 aromatic heterocycles. The molecule has 4 nitrogen and oxygen atoms in total. The first-order chi connectivity index (χ1) is 8.56. The molecule has 1 fully saturated rings. The molecule has 0 aliphatic carbocycles. The highest BCUT2D eigenvalue weighted by atomic mass is 32.2. The molecule has 3 atom stereocenters. The summed E-state index contributed by atoms with van der Waals surface area (Å²) in [6, 6.07) is 0.199. The number of likely N-dealkylation sites (tertiary alicyclic amines) is 1. The van der Waals surface area contributed by atoms with Crippen LogP contribution in [0.5, 0.6) is 0 Å². The molecule has 0 spiro atoms. The Kier molecular flexibility index (Phi) is 4.54. The zero-order valence-electron chi connectivity index (χ0n) is 11.5. The van der Waals surface area contributed by atoms with Gasteiger partial charge in [0.25, 0.3) is 0 Å². The van der Waals surface area contributed by atoms with Crippen molar-refractivity contribution in [2.24, 2.45) is 4.99 Å². The molecule has 0 aromatic carbocycles. The van der Waals surface area contributed by atoms with Crippen molar-refractivity contribution in [2.45, 2.75) is 57.4 Å². The van der Waals surface area contributed by atoms with Gasteiger partial charge in [-0.2, -0.15) is 0 Å². The van der Waals surface area contributed by atoms with E-state index in [9.17, 15) is 4.79 Å². The second-order valence-corrected chi connectivity index (χ2v) is 6.77. The number of nitrogens with zero attached hydrogens (tertiary/aromatic N) is 2. The van der Waals surface area contributed by atoms with Crippen LogP contribution in [0.2, 0.25) is 0 Å². The van der Waals surface area contributed by atoms with Gasteiger partial charge >= 0.3 is 0 Å². The highest BCUT2D eigenvalue weighted by Crippen LogP contribution is 2.24. The number of hydrogen-bond donors (Lipinski definition) is 1. The minimum atomic E-state index is -0.160. The third-order valence-electron chi connectivity index (χ3n) is 3.45. The number of amidine groups is 1. The van der Waals surface area contributed by atoms with E-state index in [1.807, 2.05) is 11.8 Å². The lowest BCUT2D eigenvalue weighted by Crippen LogP contribution is -2.46. The van der Waals surface area contributed by atoms with E-state index in [0.29, 0.717) is 11.3 Å². The number of aliphatic imine (C=N–C) groups is 1. The van der Waals surface area contributed by atoms with Crippen molar-refractivity contribution in [1.29, 1.82) is 0 Å². The Balaban J connectivity index is 1.90. The molecule has 1 saturated heterocycles. The summed E-state index contributed by atoms with van der Waals surface area (Å²) < 4.78 is 0. The molecule has 0 bridgehead atoms. The largest absolute Gasteiger partial charge is 0.353 e. The van der Waals surface area contributed by atoms with Gasteiger partial charge in [-0.05, 0) is 33.1 Å². The van der Waals surface area contributed by atoms with Gasteiger partial charge < -0.3 is 10.2 Å². The third kappa shape index (κ3) is 3.40. The maximum Gasteiger partial charge on any atom is 0.244 e. The summed E-state index contributed by atoms with van der Waals surface area (Å²) in [5.74, 6) is 0.210. The van der Waals surface area contributed by atoms with E-state index < -0.39 is 0 Å². The summed E-state index contributed by atoms with van der Waals surface area (Å²) in [4.78, 5) is 18.7. The van der Waals surface area contributed by atoms with Gasteiger partial charge in [0.05, 0.1) is 6.04 Å². The number of carbonyl (C=O) groups is 1. The first-order valence-corrected chi connectivity index (χ1v) is 7.74. The Labute approximate surface area is 114 Å². The third-order valence-corrected chi connectivity index (χ3v) is 4.49. The summed E-state index contributed by atoms with van der Waals surface area (Å²) in [5, 5.41) is 4.79. The lowest BCUT2D eigenvalue weighted by Gasteiger charge is -2.27. The molecule has 0 aromatic rings. The quantitative estimate of drug-likeness (QED) is 0.832. The summed E-state index contributed by atoms with van der Waals surface area (Å²) in [6.07, 6.45) is 3.40. The predicted octanol–water partition coefficient (Wildman–Crippen LogP) is 1.86. The molecular weight excluding hydrogens is 246 g/mol. The van der Waals surface area contributed by atoms with Gasteiger partial charge in [0, 0.05) is 18.3 Å². The molecule has 102 valence electrons. The van der Waals surface area contributed by atoms with Crippen LogP contribution in [0.1, 0.15) is 40.0 Å². The topological polar surface area (TPSA) is 44.7 Å². The first-order valence-electron chi connectivity index (χ1n) is 6.86. The average Bonchev–Trinajstić information content (AvgIpc) is 2.79. The van der Waals surface area contributed by atoms with E-state index in [4.69, 9.17) is 0 Å². The normalized spacial score (nSPS) is 29.9. The van der Waals surface area contributed by atoms with Gasteiger partial charge in [-0.3, -0.25) is 9.79 Å². The zero-order chi connectivity index (χ0) is 13.1. The number of amides is 1. The fourth-order valence-corrected chi connectivity index (χ4v) is 3.77. The monoisotopic (exact) mass is 269 g/mol. The van der Waals surface area contributed by atoms with E-state index in [2.05, 4.69) is 24.2 Å². The van der Waals surface area contributed by atoms with Gasteiger partial charge in [-0.25, -0.2) is 0 Å². The van der Waals surface area contributed by atoms with Crippen molar-refractivity contribution in [3.63, 3.8) is 0 Å². The number of carbonyl (C=O) groups excluding carboxylic acids is 1. The molecule has 2 aliphatic heterocycles. The molecule has 2 heterocycles. The average molecular weight is 269 g/mol. The molecule has 1 N–H and O–H groups in total. The van der Waals surface area contributed by atoms with Crippen LogP contribution in [0, 0.1) is 0 Å². The zero-order valence-corrected chi connectivity index (χ0v) is 12.3. The Bertz CT molecular complexity index is 339. The van der Waals surface area contributed by atoms with E-state index in [1.165, 1.54) is 0 Å². The van der Waals surface area contributed by atoms with Crippen molar-refractivity contribution < 1.29 is 4.79 Å². The fourth-order valence-electron chi connectivity index (χ4n) is 2.53. The Hall–Kier alpha value is -0.710. The van der Waals surface area contributed by atoms with E-state index in [0.717, 1.165) is 37.5 Å². The lowest BCUT2D eigenvalue weighted by atomic mass is 10.2. The van der Waals surface area contributed by atoms with Gasteiger partial charge in [0.15, 0.2) is 5.17 Å². The molecule has 5 heteroatoms. The maximum atomic E-state index is 12.2. The second-order valence-electron chi connectivity index (χ2n) is 5.35. The predicted molar refractivity (Wildman–Crippen MR) is 77.0 cm³/mol. The Morgan fingerprint density at radius 3 is 2.72 bits per heavy atom. The van der Waals surface area contributed by atoms with Crippen molar-refractivity contribution in [3.8, 4) is 0 Å². The van der Waals surface area contributed by atoms with Gasteiger partial charge in [0.1, 0.15) is 6.04 Å². The molecule has 3 unspecified atom stereocenters. The SMILES string of the molecule is CC1CC(C)SC(NC(C)C(=O)N2CCCC2)=N1. The lowest BCUT2D eigenvalue weighted by molar-refractivity contribution is -0.131. The Morgan fingerprint density at radius 1 is 1.44 bits per heavy atom. The van der Waals surface area contributed by atoms with Crippen LogP contribution in [0.15, 0.2) is 4.99 Å². The minimum Gasteiger partial charge on any atom is -0.353 e. The first kappa shape index (κ1) is 13.7. The van der Waals surface area contributed by atoms with Gasteiger partial charge in [-0.15, -0.1) is 0 Å². The number of hydrogen-bond acceptors (Lipinski definition) is 4. The number of thioether (sulfide) groups is 1. The summed E-state index contributed by atoms with van der Waals surface area (Å²) >= 11 is 1.75. The van der Waals surface area contributed by atoms with E-state index in [-0.39, 0.29) is 11.9 Å². The molecule has 2 aliphatic rings. The summed E-state index contributed by atoms with van der Waals surface area (Å²) in [7, 11) is 0. The van der Waals surface area contributed by atoms with Crippen LogP contribution in [0.25, 0.3) is 0 Å². The highest BCUT2D eigenvalue weighted by Gasteiger charge is 2.26. The van der Waals surface area contributed by atoms with Crippen LogP contribution in [0.4, 0.5) is 0 Å². The van der Waals surface area contributed by atoms with Crippen molar-refractivity contribution in [3.05, 3.63) is 0 Å². The second kappa shape index (κ2) is 5.95. The van der Waals surface area contributed by atoms with Crippen molar-refractivity contribution >= 4 is 22.8 Å². The van der Waals surface area contributed by atoms with Crippen molar-refractivity contribution in [1.82, 2.24) is 10.2 Å². The molecular formula is C13H23N3OS. The van der Waals surface area contributed by atoms with Crippen LogP contribution in [0.3, 0.4) is 0 Å². The molecule has 0 saturated carbocycles. The highest BCUT2D eigenvalue weighted by molar-refractivity contribution is 8.14. The van der Waals surface area contributed by atoms with Crippen LogP contribution in [-0.2, 0) is 4.79 Å². The maximum absolute atomic E-state index is 12.2. The summed E-state index contributed by atoms with van der Waals surface area (Å²) in [5.41, 5.74) is 0. The smallest absolute Gasteiger partial charge is 0.244 e. The standard InChI is InChI=1S/C13H23N3OS/c1-9-8-10(2)18-13(14-9)15-11(3)12(17)16-6-4-5-7-16/h9-11H,4-8H2,1-3H3,(H,14,15). The van der Waals surface area contributed by atoms with E-state index >= 15 is 0 Å². The van der Waals surface area contributed by atoms with Crippen molar-refractivity contribution in [2.75, 3.05) is 13.1 Å². The minimum absolute atomic E-state index is 0.160. The van der Waals surface area contributed by atoms with Crippen LogP contribution < -0.4 is 5.32 Å².